The predicted octanol–water partition coefficient (Wildman–Crippen LogP) is 2.39. The van der Waals surface area contributed by atoms with Crippen LogP contribution in [-0.4, -0.2) is 61.3 Å². The summed E-state index contributed by atoms with van der Waals surface area (Å²) in [7, 11) is 0. The van der Waals surface area contributed by atoms with Gasteiger partial charge in [0, 0.05) is 5.56 Å². The molecule has 168 valence electrons. The number of nitrogens with one attached hydrogen (secondary N) is 1. The van der Waals surface area contributed by atoms with Gasteiger partial charge in [-0.05, 0) is 32.4 Å². The van der Waals surface area contributed by atoms with Crippen LogP contribution in [0.5, 0.6) is 0 Å². The average molecular weight is 462 g/mol. The maximum Gasteiger partial charge on any atom is 0.223 e. The zero-order valence-electron chi connectivity index (χ0n) is 17.3. The molecule has 9 nitrogen and oxygen atoms in total. The highest BCUT2D eigenvalue weighted by Crippen LogP contribution is 2.32. The Morgan fingerprint density at radius 2 is 2.03 bits per heavy atom. The van der Waals surface area contributed by atoms with Gasteiger partial charge in [0.05, 0.1) is 53.1 Å². The van der Waals surface area contributed by atoms with E-state index in [9.17, 15) is 14.6 Å². The quantitative estimate of drug-likeness (QED) is 0.537. The van der Waals surface area contributed by atoms with E-state index in [0.717, 1.165) is 0 Å². The molecule has 2 saturated heterocycles. The number of anilines is 1. The van der Waals surface area contributed by atoms with Gasteiger partial charge in [-0.1, -0.05) is 11.6 Å². The molecule has 2 aliphatic heterocycles. The molecule has 11 heteroatoms. The van der Waals surface area contributed by atoms with Gasteiger partial charge in [-0.2, -0.15) is 0 Å². The molecule has 4 heterocycles. The summed E-state index contributed by atoms with van der Waals surface area (Å²) in [5.41, 5.74) is 0.0849. The molecule has 0 amide bonds. The van der Waals surface area contributed by atoms with Gasteiger partial charge < -0.3 is 25.0 Å². The summed E-state index contributed by atoms with van der Waals surface area (Å²) in [6.45, 7) is 3.57. The van der Waals surface area contributed by atoms with Gasteiger partial charge >= 0.3 is 0 Å². The van der Waals surface area contributed by atoms with Crippen molar-refractivity contribution in [3.63, 3.8) is 0 Å². The minimum Gasteiger partial charge on any atom is -0.386 e. The smallest absolute Gasteiger partial charge is 0.223 e. The van der Waals surface area contributed by atoms with Crippen LogP contribution in [-0.2, 0) is 15.1 Å². The molecule has 0 saturated carbocycles. The number of aliphatic hydroxyl groups is 2. The lowest BCUT2D eigenvalue weighted by molar-refractivity contribution is -0.156. The first-order valence-corrected chi connectivity index (χ1v) is 10.5. The number of hydrogen-bond donors (Lipinski definition) is 3. The predicted molar refractivity (Wildman–Crippen MR) is 113 cm³/mol. The van der Waals surface area contributed by atoms with Crippen LogP contribution in [0.4, 0.5) is 10.3 Å². The monoisotopic (exact) mass is 461 g/mol. The minimum absolute atomic E-state index is 0.0751. The van der Waals surface area contributed by atoms with Crippen LogP contribution in [0.15, 0.2) is 24.5 Å². The Morgan fingerprint density at radius 1 is 1.22 bits per heavy atom. The lowest BCUT2D eigenvalue weighted by atomic mass is 10.0. The van der Waals surface area contributed by atoms with Crippen molar-refractivity contribution < 1.29 is 24.1 Å². The number of aliphatic hydroxyl groups excluding tert-OH is 1. The van der Waals surface area contributed by atoms with Gasteiger partial charge in [-0.25, -0.2) is 24.3 Å². The summed E-state index contributed by atoms with van der Waals surface area (Å²) in [6, 6.07) is 2.51. The molecule has 2 bridgehead atoms. The van der Waals surface area contributed by atoms with E-state index in [0.29, 0.717) is 30.0 Å². The molecule has 3 N–H and O–H groups in total. The molecule has 0 aliphatic carbocycles. The molecule has 2 aromatic heterocycles. The van der Waals surface area contributed by atoms with Gasteiger partial charge in [0.1, 0.15) is 17.2 Å². The second-order valence-electron chi connectivity index (χ2n) is 8.47. The second kappa shape index (κ2) is 7.82. The van der Waals surface area contributed by atoms with E-state index in [1.807, 2.05) is 0 Å². The third-order valence-corrected chi connectivity index (χ3v) is 5.82. The summed E-state index contributed by atoms with van der Waals surface area (Å²) in [5.74, 6) is -0.364. The molecule has 1 aromatic carbocycles. The number of ether oxygens (including phenoxy) is 2. The van der Waals surface area contributed by atoms with Crippen molar-refractivity contribution in [1.29, 1.82) is 0 Å². The third kappa shape index (κ3) is 3.89. The van der Waals surface area contributed by atoms with Crippen LogP contribution < -0.4 is 5.32 Å². The molecule has 3 aromatic rings. The highest BCUT2D eigenvalue weighted by molar-refractivity contribution is 6.33. The highest BCUT2D eigenvalue weighted by atomic mass is 35.5. The van der Waals surface area contributed by atoms with Crippen LogP contribution in [0.25, 0.3) is 22.3 Å². The Morgan fingerprint density at radius 3 is 2.81 bits per heavy atom. The van der Waals surface area contributed by atoms with Crippen molar-refractivity contribution in [3.05, 3.63) is 41.1 Å². The second-order valence-corrected chi connectivity index (χ2v) is 8.87. The molecule has 32 heavy (non-hydrogen) atoms. The summed E-state index contributed by atoms with van der Waals surface area (Å²) in [6.07, 6.45) is 1.61. The van der Waals surface area contributed by atoms with Crippen LogP contribution >= 0.6 is 11.6 Å². The topological polar surface area (TPSA) is 123 Å². The Balaban J connectivity index is 1.50. The lowest BCUT2D eigenvalue weighted by Crippen LogP contribution is -2.48. The standard InChI is InChI=1S/C21H21ClFN5O4/c1-21(2,30)15-7-24-17-12(23)3-9(4-13(17)26-15)16-11(22)6-25-20(28-16)27-14-5-10-8-31-19(32-10)18(14)29/h3-4,6-7,10,14,18-19,29-30H,5,8H2,1-2H3,(H,25,27,28)/t10-,14+,18-,19+/m0/s1. The van der Waals surface area contributed by atoms with Gasteiger partial charge in [0.2, 0.25) is 5.95 Å². The van der Waals surface area contributed by atoms with E-state index < -0.39 is 23.8 Å². The number of rotatable bonds is 4. The van der Waals surface area contributed by atoms with E-state index in [4.69, 9.17) is 21.1 Å². The first-order valence-electron chi connectivity index (χ1n) is 10.1. The SMILES string of the molecule is CC(C)(O)c1cnc2c(F)cc(-c3nc(N[C@@H]4C[C@H]5CO[C@H](O5)[C@H]4O)ncc3Cl)cc2n1. The third-order valence-electron chi connectivity index (χ3n) is 5.54. The molecule has 5 rings (SSSR count). The number of halogens is 2. The van der Waals surface area contributed by atoms with E-state index in [-0.39, 0.29) is 34.2 Å². The lowest BCUT2D eigenvalue weighted by Gasteiger charge is -2.32. The zero-order valence-corrected chi connectivity index (χ0v) is 18.0. The summed E-state index contributed by atoms with van der Waals surface area (Å²) >= 11 is 6.33. The van der Waals surface area contributed by atoms with Gasteiger partial charge in [-0.3, -0.25) is 0 Å². The number of hydrogen-bond acceptors (Lipinski definition) is 9. The van der Waals surface area contributed by atoms with Crippen LogP contribution in [0.2, 0.25) is 5.02 Å². The maximum atomic E-state index is 14.8. The largest absolute Gasteiger partial charge is 0.386 e. The van der Waals surface area contributed by atoms with Crippen molar-refractivity contribution in [2.75, 3.05) is 11.9 Å². The maximum absolute atomic E-state index is 14.8. The van der Waals surface area contributed by atoms with Crippen molar-refractivity contribution in [2.24, 2.45) is 0 Å². The minimum atomic E-state index is -1.23. The molecule has 2 aliphatic rings. The fourth-order valence-corrected chi connectivity index (χ4v) is 4.05. The molecule has 0 unspecified atom stereocenters. The Kier molecular flexibility index (Phi) is 5.22. The van der Waals surface area contributed by atoms with Gasteiger partial charge in [0.15, 0.2) is 12.1 Å². The van der Waals surface area contributed by atoms with Crippen molar-refractivity contribution in [3.8, 4) is 11.3 Å². The summed E-state index contributed by atoms with van der Waals surface area (Å²) < 4.78 is 25.7. The highest BCUT2D eigenvalue weighted by Gasteiger charge is 2.43. The first-order chi connectivity index (χ1) is 15.2. The number of benzene rings is 1. The fourth-order valence-electron chi connectivity index (χ4n) is 3.85. The van der Waals surface area contributed by atoms with E-state index >= 15 is 0 Å². The van der Waals surface area contributed by atoms with E-state index in [1.165, 1.54) is 18.5 Å². The average Bonchev–Trinajstić information content (AvgIpc) is 3.15. The van der Waals surface area contributed by atoms with Gasteiger partial charge in [-0.15, -0.1) is 0 Å². The molecular formula is C21H21ClFN5O4. The molecule has 0 spiro atoms. The zero-order chi connectivity index (χ0) is 22.6. The number of fused-ring (bicyclic) bond motifs is 3. The molecule has 2 fully saturated rings. The molecule has 0 radical (unpaired) electrons. The summed E-state index contributed by atoms with van der Waals surface area (Å²) in [5, 5.41) is 24.0. The molecular weight excluding hydrogens is 441 g/mol. The van der Waals surface area contributed by atoms with Crippen LogP contribution in [0.3, 0.4) is 0 Å². The first kappa shape index (κ1) is 21.4. The Bertz CT molecular complexity index is 1190. The van der Waals surface area contributed by atoms with E-state index in [2.05, 4.69) is 25.3 Å². The van der Waals surface area contributed by atoms with Gasteiger partial charge in [0.25, 0.3) is 0 Å². The van der Waals surface area contributed by atoms with Crippen LogP contribution in [0.1, 0.15) is 26.0 Å². The van der Waals surface area contributed by atoms with E-state index in [1.54, 1.807) is 19.9 Å². The van der Waals surface area contributed by atoms with Crippen molar-refractivity contribution in [1.82, 2.24) is 19.9 Å². The Hall–Kier alpha value is -2.50. The molecule has 4 atom stereocenters. The number of nitrogens with zero attached hydrogens (tertiary/aromatic N) is 4. The Labute approximate surface area is 187 Å². The summed E-state index contributed by atoms with van der Waals surface area (Å²) in [4.78, 5) is 17.1. The normalized spacial score (nSPS) is 25.3. The van der Waals surface area contributed by atoms with Crippen molar-refractivity contribution >= 4 is 28.6 Å². The van der Waals surface area contributed by atoms with Crippen LogP contribution in [0, 0.1) is 5.82 Å². The fraction of sp³-hybridized carbons (Fsp3) is 0.429. The van der Waals surface area contributed by atoms with Crippen molar-refractivity contribution in [2.45, 2.75) is 50.4 Å². The number of aromatic nitrogens is 4.